The largest absolute Gasteiger partial charge is 0.360 e. The molecule has 4 unspecified atom stereocenters. The lowest BCUT2D eigenvalue weighted by molar-refractivity contribution is -0.0993. The number of aromatic amines is 1. The van der Waals surface area contributed by atoms with Crippen molar-refractivity contribution < 1.29 is 17.4 Å². The molecule has 0 radical (unpaired) electrons. The lowest BCUT2D eigenvalue weighted by Crippen LogP contribution is -2.66. The molecule has 2 aromatic rings. The molecular formula is C20H25N3O4S. The van der Waals surface area contributed by atoms with E-state index in [4.69, 9.17) is 4.18 Å². The Morgan fingerprint density at radius 1 is 1.18 bits per heavy atom. The third-order valence-electron chi connectivity index (χ3n) is 6.58. The first-order valence-corrected chi connectivity index (χ1v) is 11.7. The van der Waals surface area contributed by atoms with Gasteiger partial charge in [0.1, 0.15) is 0 Å². The molecular weight excluding hydrogens is 378 g/mol. The second kappa shape index (κ2) is 6.57. The number of hydrogen-bond acceptors (Lipinski definition) is 5. The van der Waals surface area contributed by atoms with E-state index in [1.807, 2.05) is 24.3 Å². The molecule has 1 amide bonds. The van der Waals surface area contributed by atoms with Gasteiger partial charge >= 0.3 is 0 Å². The van der Waals surface area contributed by atoms with Gasteiger partial charge in [0.05, 0.1) is 17.9 Å². The zero-order valence-corrected chi connectivity index (χ0v) is 16.6. The molecule has 0 spiro atoms. The monoisotopic (exact) mass is 403 g/mol. The minimum absolute atomic E-state index is 0.0270. The summed E-state index contributed by atoms with van der Waals surface area (Å²) in [6.45, 7) is 0.677. The fourth-order valence-electron chi connectivity index (χ4n) is 5.51. The highest BCUT2D eigenvalue weighted by Gasteiger charge is 2.50. The molecule has 4 fully saturated rings. The van der Waals surface area contributed by atoms with Crippen LogP contribution in [0.3, 0.4) is 0 Å². The number of H-pyrrole nitrogens is 1. The van der Waals surface area contributed by atoms with Gasteiger partial charge in [-0.05, 0) is 37.7 Å². The maximum atomic E-state index is 12.8. The van der Waals surface area contributed by atoms with Crippen molar-refractivity contribution >= 4 is 26.9 Å². The average Bonchev–Trinajstić information content (AvgIpc) is 3.04. The van der Waals surface area contributed by atoms with E-state index in [2.05, 4.69) is 15.2 Å². The fraction of sp³-hybridized carbons (Fsp3) is 0.550. The molecule has 8 heteroatoms. The molecule has 2 N–H and O–H groups in total. The van der Waals surface area contributed by atoms with E-state index in [-0.39, 0.29) is 18.1 Å². The standard InChI is InChI=1S/C20H25N3O4S/c1-28(25,26)27-19-11-23-14-6-12(19)7-15(23)9-13(8-14)22-20(24)17-10-21-18-5-3-2-4-16(17)18/h2-5,10,12-15,19,21H,6-9,11H2,1H3,(H,22,24)/t12?,13?,14-,15?,19+/m0/s1. The summed E-state index contributed by atoms with van der Waals surface area (Å²) in [5.41, 5.74) is 1.66. The van der Waals surface area contributed by atoms with Crippen LogP contribution in [0.25, 0.3) is 10.9 Å². The van der Waals surface area contributed by atoms with Gasteiger partial charge in [-0.25, -0.2) is 0 Å². The van der Waals surface area contributed by atoms with Crippen molar-refractivity contribution in [2.24, 2.45) is 5.92 Å². The van der Waals surface area contributed by atoms with Crippen molar-refractivity contribution in [3.63, 3.8) is 0 Å². The van der Waals surface area contributed by atoms with Gasteiger partial charge in [-0.2, -0.15) is 8.42 Å². The number of carbonyl (C=O) groups excluding carboxylic acids is 1. The lowest BCUT2D eigenvalue weighted by Gasteiger charge is -2.57. The Kier molecular flexibility index (Phi) is 4.26. The minimum Gasteiger partial charge on any atom is -0.360 e. The number of hydrogen-bond donors (Lipinski definition) is 2. The van der Waals surface area contributed by atoms with Gasteiger partial charge in [0.15, 0.2) is 0 Å². The molecule has 28 heavy (non-hydrogen) atoms. The summed E-state index contributed by atoms with van der Waals surface area (Å²) < 4.78 is 28.3. The number of carbonyl (C=O) groups is 1. The highest BCUT2D eigenvalue weighted by molar-refractivity contribution is 7.86. The van der Waals surface area contributed by atoms with Crippen LogP contribution in [-0.4, -0.2) is 61.2 Å². The first kappa shape index (κ1) is 18.1. The Morgan fingerprint density at radius 3 is 2.57 bits per heavy atom. The van der Waals surface area contributed by atoms with Gasteiger partial charge in [0.25, 0.3) is 16.0 Å². The molecule has 0 saturated carbocycles. The maximum absolute atomic E-state index is 12.8. The molecule has 4 bridgehead atoms. The number of para-hydroxylation sites is 1. The third-order valence-corrected chi connectivity index (χ3v) is 7.18. The number of amides is 1. The SMILES string of the molecule is CS(=O)(=O)O[C@@H]1CN2C3CC(NC(=O)c4c[nH]c5ccccc45)C[C@@H]2CC1C3. The Morgan fingerprint density at radius 2 is 1.89 bits per heavy atom. The number of rotatable bonds is 4. The second-order valence-corrected chi connectivity index (χ2v) is 10.1. The summed E-state index contributed by atoms with van der Waals surface area (Å²) in [5.74, 6) is 0.265. The Hall–Kier alpha value is -1.90. The van der Waals surface area contributed by atoms with Crippen LogP contribution in [0.2, 0.25) is 0 Å². The summed E-state index contributed by atoms with van der Waals surface area (Å²) in [6, 6.07) is 8.76. The number of nitrogens with one attached hydrogen (secondary N) is 2. The smallest absolute Gasteiger partial charge is 0.264 e. The molecule has 6 atom stereocenters. The summed E-state index contributed by atoms with van der Waals surface area (Å²) in [4.78, 5) is 18.4. The van der Waals surface area contributed by atoms with Gasteiger partial charge in [0.2, 0.25) is 0 Å². The Bertz CT molecular complexity index is 1000. The number of nitrogens with zero attached hydrogens (tertiary/aromatic N) is 1. The minimum atomic E-state index is -3.43. The summed E-state index contributed by atoms with van der Waals surface area (Å²) in [7, 11) is -3.43. The van der Waals surface area contributed by atoms with E-state index in [0.717, 1.165) is 42.8 Å². The first-order chi connectivity index (χ1) is 13.4. The molecule has 6 rings (SSSR count). The summed E-state index contributed by atoms with van der Waals surface area (Å²) in [6.07, 6.45) is 6.38. The van der Waals surface area contributed by atoms with Crippen LogP contribution in [0.4, 0.5) is 0 Å². The number of fused-ring (bicyclic) bond motifs is 2. The molecule has 5 heterocycles. The van der Waals surface area contributed by atoms with Gasteiger partial charge in [-0.1, -0.05) is 18.2 Å². The molecule has 4 saturated heterocycles. The number of piperidine rings is 4. The predicted molar refractivity (Wildman–Crippen MR) is 106 cm³/mol. The van der Waals surface area contributed by atoms with E-state index < -0.39 is 10.1 Å². The van der Waals surface area contributed by atoms with Crippen molar-refractivity contribution in [3.05, 3.63) is 36.0 Å². The van der Waals surface area contributed by atoms with Crippen molar-refractivity contribution in [1.82, 2.24) is 15.2 Å². The molecule has 7 nitrogen and oxygen atoms in total. The topological polar surface area (TPSA) is 91.5 Å². The van der Waals surface area contributed by atoms with Crippen molar-refractivity contribution in [1.29, 1.82) is 0 Å². The number of benzene rings is 1. The van der Waals surface area contributed by atoms with E-state index in [0.29, 0.717) is 30.1 Å². The Labute approximate surface area is 164 Å². The van der Waals surface area contributed by atoms with Crippen LogP contribution in [0.15, 0.2) is 30.5 Å². The zero-order valence-electron chi connectivity index (χ0n) is 15.8. The first-order valence-electron chi connectivity index (χ1n) is 9.88. The van der Waals surface area contributed by atoms with Gasteiger partial charge in [-0.15, -0.1) is 0 Å². The predicted octanol–water partition coefficient (Wildman–Crippen LogP) is 1.87. The highest BCUT2D eigenvalue weighted by atomic mass is 32.2. The zero-order chi connectivity index (χ0) is 19.5. The van der Waals surface area contributed by atoms with Crippen LogP contribution >= 0.6 is 0 Å². The van der Waals surface area contributed by atoms with Crippen LogP contribution in [0.5, 0.6) is 0 Å². The molecule has 0 aliphatic carbocycles. The molecule has 4 aliphatic rings. The van der Waals surface area contributed by atoms with Crippen molar-refractivity contribution in [2.75, 3.05) is 12.8 Å². The second-order valence-electron chi connectivity index (χ2n) is 8.46. The average molecular weight is 404 g/mol. The fourth-order valence-corrected chi connectivity index (χ4v) is 6.18. The van der Waals surface area contributed by atoms with Gasteiger partial charge < -0.3 is 10.3 Å². The van der Waals surface area contributed by atoms with E-state index in [9.17, 15) is 13.2 Å². The molecule has 150 valence electrons. The van der Waals surface area contributed by atoms with Crippen LogP contribution in [0.1, 0.15) is 36.0 Å². The van der Waals surface area contributed by atoms with Crippen molar-refractivity contribution in [2.45, 2.75) is 49.9 Å². The van der Waals surface area contributed by atoms with Crippen LogP contribution < -0.4 is 5.32 Å². The quantitative estimate of drug-likeness (QED) is 0.761. The highest BCUT2D eigenvalue weighted by Crippen LogP contribution is 2.44. The van der Waals surface area contributed by atoms with Gasteiger partial charge in [-0.3, -0.25) is 13.9 Å². The molecule has 1 aromatic carbocycles. The van der Waals surface area contributed by atoms with Crippen molar-refractivity contribution in [3.8, 4) is 0 Å². The molecule has 4 aliphatic heterocycles. The van der Waals surface area contributed by atoms with Crippen LogP contribution in [-0.2, 0) is 14.3 Å². The summed E-state index contributed by atoms with van der Waals surface area (Å²) >= 11 is 0. The van der Waals surface area contributed by atoms with E-state index in [1.165, 1.54) is 0 Å². The molecule has 1 aromatic heterocycles. The Balaban J connectivity index is 1.26. The normalized spacial score (nSPS) is 34.5. The summed E-state index contributed by atoms with van der Waals surface area (Å²) in [5, 5.41) is 4.18. The van der Waals surface area contributed by atoms with Gasteiger partial charge in [0, 0.05) is 41.8 Å². The van der Waals surface area contributed by atoms with Crippen LogP contribution in [0, 0.1) is 5.92 Å². The number of aromatic nitrogens is 1. The maximum Gasteiger partial charge on any atom is 0.264 e. The lowest BCUT2D eigenvalue weighted by atomic mass is 9.70. The van der Waals surface area contributed by atoms with E-state index in [1.54, 1.807) is 6.20 Å². The third kappa shape index (κ3) is 3.23. The van der Waals surface area contributed by atoms with E-state index >= 15 is 0 Å².